The van der Waals surface area contributed by atoms with Crippen LogP contribution >= 0.6 is 11.3 Å². The van der Waals surface area contributed by atoms with Crippen molar-refractivity contribution < 1.29 is 0 Å². The molecule has 0 aliphatic carbocycles. The van der Waals surface area contributed by atoms with Crippen molar-refractivity contribution in [3.63, 3.8) is 0 Å². The van der Waals surface area contributed by atoms with Crippen LogP contribution in [0.5, 0.6) is 0 Å². The summed E-state index contributed by atoms with van der Waals surface area (Å²) in [4.78, 5) is 19.0. The van der Waals surface area contributed by atoms with Crippen LogP contribution < -0.4 is 0 Å². The minimum Gasteiger partial charge on any atom is -0.352 e. The number of benzene rings is 1. The quantitative estimate of drug-likeness (QED) is 0.399. The van der Waals surface area contributed by atoms with E-state index in [1.165, 1.54) is 9.75 Å². The van der Waals surface area contributed by atoms with Crippen LogP contribution in [-0.2, 0) is 0 Å². The van der Waals surface area contributed by atoms with Crippen molar-refractivity contribution in [3.05, 3.63) is 72.3 Å². The Bertz CT molecular complexity index is 1510. The lowest BCUT2D eigenvalue weighted by Gasteiger charge is -2.00. The largest absolute Gasteiger partial charge is 0.352 e. The second kappa shape index (κ2) is 6.60. The lowest BCUT2D eigenvalue weighted by atomic mass is 10.1. The summed E-state index contributed by atoms with van der Waals surface area (Å²) >= 11 is 1.78. The van der Waals surface area contributed by atoms with Crippen LogP contribution in [-0.4, -0.2) is 30.1 Å². The number of hydrogen-bond donors (Lipinski definition) is 2. The predicted molar refractivity (Wildman–Crippen MR) is 120 cm³/mol. The zero-order chi connectivity index (χ0) is 20.1. The van der Waals surface area contributed by atoms with Gasteiger partial charge in [0.25, 0.3) is 0 Å². The maximum absolute atomic E-state index is 4.59. The molecule has 0 aliphatic heterocycles. The molecular weight excluding hydrogens is 392 g/mol. The summed E-state index contributed by atoms with van der Waals surface area (Å²) < 4.78 is 0. The summed E-state index contributed by atoms with van der Waals surface area (Å²) in [5, 5.41) is 9.91. The Hall–Kier alpha value is -3.84. The molecular formula is C23H16N6S. The monoisotopic (exact) mass is 408 g/mol. The van der Waals surface area contributed by atoms with Crippen LogP contribution in [0.15, 0.2) is 67.4 Å². The van der Waals surface area contributed by atoms with Crippen LogP contribution in [0.2, 0.25) is 0 Å². The van der Waals surface area contributed by atoms with Gasteiger partial charge in [0, 0.05) is 50.2 Å². The Labute approximate surface area is 175 Å². The molecule has 6 rings (SSSR count). The van der Waals surface area contributed by atoms with E-state index >= 15 is 0 Å². The summed E-state index contributed by atoms with van der Waals surface area (Å²) in [6.45, 7) is 2.12. The van der Waals surface area contributed by atoms with Gasteiger partial charge in [-0.2, -0.15) is 5.10 Å². The smallest absolute Gasteiger partial charge is 0.116 e. The SMILES string of the molecule is Cc1ccc(-c2cncc3[nH]c(-c4n[nH]c5ccc(-c6cnccn6)cc45)cc23)s1. The highest BCUT2D eigenvalue weighted by Gasteiger charge is 2.15. The molecule has 2 N–H and O–H groups in total. The maximum atomic E-state index is 4.59. The first-order valence-electron chi connectivity index (χ1n) is 9.55. The third-order valence-electron chi connectivity index (χ3n) is 5.23. The molecule has 0 saturated carbocycles. The molecule has 0 unspecified atom stereocenters. The van der Waals surface area contributed by atoms with E-state index in [2.05, 4.69) is 61.3 Å². The number of aromatic nitrogens is 6. The van der Waals surface area contributed by atoms with Crippen molar-refractivity contribution in [2.75, 3.05) is 0 Å². The van der Waals surface area contributed by atoms with Gasteiger partial charge in [-0.1, -0.05) is 6.07 Å². The fraction of sp³-hybridized carbons (Fsp3) is 0.0435. The average Bonchev–Trinajstić information content (AvgIpc) is 3.51. The van der Waals surface area contributed by atoms with Gasteiger partial charge in [-0.3, -0.25) is 20.1 Å². The molecule has 144 valence electrons. The number of fused-ring (bicyclic) bond motifs is 2. The van der Waals surface area contributed by atoms with Gasteiger partial charge < -0.3 is 4.98 Å². The number of pyridine rings is 1. The summed E-state index contributed by atoms with van der Waals surface area (Å²) in [6.07, 6.45) is 8.94. The number of aromatic amines is 2. The lowest BCUT2D eigenvalue weighted by molar-refractivity contribution is 1.12. The van der Waals surface area contributed by atoms with Crippen molar-refractivity contribution in [1.29, 1.82) is 0 Å². The Morgan fingerprint density at radius 2 is 1.83 bits per heavy atom. The first-order chi connectivity index (χ1) is 14.8. The average molecular weight is 408 g/mol. The highest BCUT2D eigenvalue weighted by molar-refractivity contribution is 7.15. The standard InChI is InChI=1S/C23H16N6S/c1-13-2-5-22(30-13)17-10-25-12-21-15(17)9-19(27-21)23-16-8-14(3-4-18(16)28-29-23)20-11-24-6-7-26-20/h2-12,27H,1H3,(H,28,29). The van der Waals surface area contributed by atoms with E-state index in [-0.39, 0.29) is 0 Å². The molecule has 1 aromatic carbocycles. The third kappa shape index (κ3) is 2.71. The molecule has 0 aliphatic rings. The number of nitrogens with zero attached hydrogens (tertiary/aromatic N) is 4. The second-order valence-electron chi connectivity index (χ2n) is 7.16. The molecule has 0 bridgehead atoms. The molecule has 30 heavy (non-hydrogen) atoms. The molecule has 0 atom stereocenters. The van der Waals surface area contributed by atoms with E-state index in [0.717, 1.165) is 50.0 Å². The van der Waals surface area contributed by atoms with E-state index in [9.17, 15) is 0 Å². The molecule has 0 spiro atoms. The number of H-pyrrole nitrogens is 2. The summed E-state index contributed by atoms with van der Waals surface area (Å²) in [5.74, 6) is 0. The molecule has 6 aromatic rings. The summed E-state index contributed by atoms with van der Waals surface area (Å²) in [7, 11) is 0. The number of hydrogen-bond acceptors (Lipinski definition) is 5. The van der Waals surface area contributed by atoms with Crippen molar-refractivity contribution in [2.24, 2.45) is 0 Å². The van der Waals surface area contributed by atoms with Gasteiger partial charge >= 0.3 is 0 Å². The first-order valence-corrected chi connectivity index (χ1v) is 10.4. The molecule has 7 heteroatoms. The number of aryl methyl sites for hydroxylation is 1. The van der Waals surface area contributed by atoms with Crippen molar-refractivity contribution in [3.8, 4) is 33.1 Å². The fourth-order valence-electron chi connectivity index (χ4n) is 3.78. The topological polar surface area (TPSA) is 83.1 Å². The van der Waals surface area contributed by atoms with Crippen molar-refractivity contribution in [2.45, 2.75) is 6.92 Å². The van der Waals surface area contributed by atoms with Gasteiger partial charge in [-0.25, -0.2) is 0 Å². The second-order valence-corrected chi connectivity index (χ2v) is 8.45. The van der Waals surface area contributed by atoms with Crippen LogP contribution in [0.25, 0.3) is 54.9 Å². The normalized spacial score (nSPS) is 11.5. The molecule has 6 nitrogen and oxygen atoms in total. The minimum atomic E-state index is 0.836. The molecule has 0 saturated heterocycles. The fourth-order valence-corrected chi connectivity index (χ4v) is 4.67. The van der Waals surface area contributed by atoms with Crippen LogP contribution in [0.4, 0.5) is 0 Å². The number of nitrogens with one attached hydrogen (secondary N) is 2. The third-order valence-corrected chi connectivity index (χ3v) is 6.26. The van der Waals surface area contributed by atoms with Crippen LogP contribution in [0.3, 0.4) is 0 Å². The number of rotatable bonds is 3. The first kappa shape index (κ1) is 17.1. The van der Waals surface area contributed by atoms with Crippen LogP contribution in [0, 0.1) is 6.92 Å². The van der Waals surface area contributed by atoms with Gasteiger partial charge in [-0.05, 0) is 37.3 Å². The Balaban J connectivity index is 1.52. The van der Waals surface area contributed by atoms with E-state index in [1.54, 1.807) is 29.9 Å². The summed E-state index contributed by atoms with van der Waals surface area (Å²) in [6, 6.07) is 12.6. The van der Waals surface area contributed by atoms with Gasteiger partial charge in [0.2, 0.25) is 0 Å². The van der Waals surface area contributed by atoms with Gasteiger partial charge in [0.05, 0.1) is 34.8 Å². The minimum absolute atomic E-state index is 0.836. The predicted octanol–water partition coefficient (Wildman–Crippen LogP) is 5.60. The lowest BCUT2D eigenvalue weighted by Crippen LogP contribution is -1.84. The maximum Gasteiger partial charge on any atom is 0.116 e. The van der Waals surface area contributed by atoms with E-state index in [4.69, 9.17) is 0 Å². The highest BCUT2D eigenvalue weighted by Crippen LogP contribution is 2.36. The molecule has 0 amide bonds. The Morgan fingerprint density at radius 1 is 0.867 bits per heavy atom. The zero-order valence-electron chi connectivity index (χ0n) is 16.0. The van der Waals surface area contributed by atoms with Gasteiger partial charge in [-0.15, -0.1) is 11.3 Å². The van der Waals surface area contributed by atoms with Gasteiger partial charge in [0.1, 0.15) is 5.69 Å². The van der Waals surface area contributed by atoms with Crippen molar-refractivity contribution >= 4 is 33.1 Å². The van der Waals surface area contributed by atoms with E-state index < -0.39 is 0 Å². The van der Waals surface area contributed by atoms with Gasteiger partial charge in [0.15, 0.2) is 0 Å². The molecule has 5 aromatic heterocycles. The molecule has 0 radical (unpaired) electrons. The van der Waals surface area contributed by atoms with Crippen molar-refractivity contribution in [1.82, 2.24) is 30.1 Å². The zero-order valence-corrected chi connectivity index (χ0v) is 16.9. The molecule has 5 heterocycles. The number of thiophene rings is 1. The van der Waals surface area contributed by atoms with E-state index in [0.29, 0.717) is 0 Å². The molecule has 0 fully saturated rings. The highest BCUT2D eigenvalue weighted by atomic mass is 32.1. The van der Waals surface area contributed by atoms with Crippen LogP contribution in [0.1, 0.15) is 4.88 Å². The summed E-state index contributed by atoms with van der Waals surface area (Å²) in [5.41, 5.74) is 6.77. The van der Waals surface area contributed by atoms with E-state index in [1.807, 2.05) is 24.5 Å². The Kier molecular flexibility index (Phi) is 3.75. The Morgan fingerprint density at radius 3 is 2.67 bits per heavy atom.